The van der Waals surface area contributed by atoms with Crippen LogP contribution in [-0.4, -0.2) is 52.6 Å². The van der Waals surface area contributed by atoms with Crippen molar-refractivity contribution >= 4 is 12.0 Å². The van der Waals surface area contributed by atoms with E-state index in [0.29, 0.717) is 18.4 Å². The van der Waals surface area contributed by atoms with Gasteiger partial charge in [0.15, 0.2) is 0 Å². The second-order valence-electron chi connectivity index (χ2n) is 5.71. The van der Waals surface area contributed by atoms with Crippen LogP contribution in [-0.2, 0) is 4.79 Å². The topological polar surface area (TPSA) is 60.9 Å². The van der Waals surface area contributed by atoms with E-state index in [4.69, 9.17) is 5.11 Å². The number of aliphatic carboxylic acids is 1. The molecule has 0 aliphatic carbocycles. The summed E-state index contributed by atoms with van der Waals surface area (Å²) in [6.45, 7) is 4.54. The van der Waals surface area contributed by atoms with Gasteiger partial charge in [-0.3, -0.25) is 4.79 Å². The molecule has 108 valence electrons. The highest BCUT2D eigenvalue weighted by Crippen LogP contribution is 2.26. The molecule has 0 aromatic heterocycles. The number of amides is 2. The molecule has 2 rings (SSSR count). The van der Waals surface area contributed by atoms with Crippen LogP contribution in [0.15, 0.2) is 0 Å². The van der Waals surface area contributed by atoms with Crippen molar-refractivity contribution < 1.29 is 14.7 Å². The van der Waals surface area contributed by atoms with Crippen molar-refractivity contribution in [3.05, 3.63) is 0 Å². The Bertz CT molecular complexity index is 346. The van der Waals surface area contributed by atoms with Crippen LogP contribution >= 0.6 is 0 Å². The van der Waals surface area contributed by atoms with Gasteiger partial charge in [-0.2, -0.15) is 0 Å². The smallest absolute Gasteiger partial charge is 0.320 e. The number of carbonyl (C=O) groups excluding carboxylic acids is 1. The molecule has 0 radical (unpaired) electrons. The maximum atomic E-state index is 12.4. The number of likely N-dealkylation sites (tertiary alicyclic amines) is 2. The molecule has 0 bridgehead atoms. The normalized spacial score (nSPS) is 27.0. The third-order valence-electron chi connectivity index (χ3n) is 4.42. The lowest BCUT2D eigenvalue weighted by Crippen LogP contribution is -2.44. The van der Waals surface area contributed by atoms with Gasteiger partial charge in [-0.05, 0) is 38.0 Å². The SMILES string of the molecule is CCC1CCCN1C(=O)N1CCC(CCC(=O)O)C1. The molecule has 19 heavy (non-hydrogen) atoms. The van der Waals surface area contributed by atoms with Gasteiger partial charge in [0, 0.05) is 32.1 Å². The lowest BCUT2D eigenvalue weighted by Gasteiger charge is -2.29. The maximum absolute atomic E-state index is 12.4. The van der Waals surface area contributed by atoms with E-state index in [1.165, 1.54) is 0 Å². The molecule has 2 fully saturated rings. The molecule has 2 amide bonds. The Morgan fingerprint density at radius 1 is 1.26 bits per heavy atom. The van der Waals surface area contributed by atoms with E-state index in [0.717, 1.165) is 45.3 Å². The van der Waals surface area contributed by atoms with Crippen molar-refractivity contribution in [1.29, 1.82) is 0 Å². The monoisotopic (exact) mass is 268 g/mol. The highest BCUT2D eigenvalue weighted by atomic mass is 16.4. The number of carbonyl (C=O) groups is 2. The zero-order chi connectivity index (χ0) is 13.8. The van der Waals surface area contributed by atoms with Gasteiger partial charge in [-0.25, -0.2) is 4.79 Å². The van der Waals surface area contributed by atoms with Gasteiger partial charge in [0.25, 0.3) is 0 Å². The Hall–Kier alpha value is -1.26. The lowest BCUT2D eigenvalue weighted by molar-refractivity contribution is -0.137. The van der Waals surface area contributed by atoms with Gasteiger partial charge in [0.1, 0.15) is 0 Å². The fourth-order valence-electron chi connectivity index (χ4n) is 3.26. The first kappa shape index (κ1) is 14.2. The maximum Gasteiger partial charge on any atom is 0.320 e. The average molecular weight is 268 g/mol. The van der Waals surface area contributed by atoms with Gasteiger partial charge in [0.2, 0.25) is 0 Å². The summed E-state index contributed by atoms with van der Waals surface area (Å²) in [5.41, 5.74) is 0. The molecule has 0 aromatic carbocycles. The van der Waals surface area contributed by atoms with E-state index in [-0.39, 0.29) is 12.5 Å². The number of urea groups is 1. The summed E-state index contributed by atoms with van der Waals surface area (Å²) in [5, 5.41) is 8.70. The Morgan fingerprint density at radius 3 is 2.74 bits per heavy atom. The summed E-state index contributed by atoms with van der Waals surface area (Å²) in [6, 6.07) is 0.577. The fraction of sp³-hybridized carbons (Fsp3) is 0.857. The van der Waals surface area contributed by atoms with E-state index >= 15 is 0 Å². The van der Waals surface area contributed by atoms with Gasteiger partial charge in [0.05, 0.1) is 0 Å². The molecule has 5 heteroatoms. The summed E-state index contributed by atoms with van der Waals surface area (Å²) in [7, 11) is 0. The largest absolute Gasteiger partial charge is 0.481 e. The second-order valence-corrected chi connectivity index (χ2v) is 5.71. The van der Waals surface area contributed by atoms with Crippen LogP contribution in [0.5, 0.6) is 0 Å². The van der Waals surface area contributed by atoms with E-state index in [2.05, 4.69) is 6.92 Å². The molecule has 5 nitrogen and oxygen atoms in total. The van der Waals surface area contributed by atoms with Crippen LogP contribution in [0.25, 0.3) is 0 Å². The van der Waals surface area contributed by atoms with E-state index in [9.17, 15) is 9.59 Å². The van der Waals surface area contributed by atoms with E-state index < -0.39 is 5.97 Å². The van der Waals surface area contributed by atoms with Crippen LogP contribution in [0.1, 0.15) is 45.4 Å². The van der Waals surface area contributed by atoms with Crippen molar-refractivity contribution in [2.75, 3.05) is 19.6 Å². The highest BCUT2D eigenvalue weighted by molar-refractivity contribution is 5.75. The van der Waals surface area contributed by atoms with Gasteiger partial charge in [-0.1, -0.05) is 6.92 Å². The molecule has 2 heterocycles. The third kappa shape index (κ3) is 3.39. The van der Waals surface area contributed by atoms with E-state index in [1.54, 1.807) is 0 Å². The molecule has 2 saturated heterocycles. The molecular weight excluding hydrogens is 244 g/mol. The van der Waals surface area contributed by atoms with Crippen molar-refractivity contribution in [2.24, 2.45) is 5.92 Å². The third-order valence-corrected chi connectivity index (χ3v) is 4.42. The van der Waals surface area contributed by atoms with Crippen LogP contribution in [0.3, 0.4) is 0 Å². The van der Waals surface area contributed by atoms with Crippen LogP contribution in [0.2, 0.25) is 0 Å². The first-order valence-electron chi connectivity index (χ1n) is 7.39. The van der Waals surface area contributed by atoms with Crippen LogP contribution in [0, 0.1) is 5.92 Å². The molecule has 0 aromatic rings. The molecule has 2 aliphatic rings. The average Bonchev–Trinajstić information content (AvgIpc) is 3.04. The minimum Gasteiger partial charge on any atom is -0.481 e. The van der Waals surface area contributed by atoms with Gasteiger partial charge < -0.3 is 14.9 Å². The van der Waals surface area contributed by atoms with Crippen molar-refractivity contribution in [3.63, 3.8) is 0 Å². The number of rotatable bonds is 4. The highest BCUT2D eigenvalue weighted by Gasteiger charge is 2.34. The first-order chi connectivity index (χ1) is 9.11. The number of hydrogen-bond acceptors (Lipinski definition) is 2. The summed E-state index contributed by atoms with van der Waals surface area (Å²) in [4.78, 5) is 26.9. The zero-order valence-electron chi connectivity index (χ0n) is 11.7. The molecule has 1 N–H and O–H groups in total. The van der Waals surface area contributed by atoms with E-state index in [1.807, 2.05) is 9.80 Å². The molecule has 2 aliphatic heterocycles. The predicted molar refractivity (Wildman–Crippen MR) is 72.0 cm³/mol. The summed E-state index contributed by atoms with van der Waals surface area (Å²) >= 11 is 0. The molecule has 0 spiro atoms. The van der Waals surface area contributed by atoms with Crippen LogP contribution < -0.4 is 0 Å². The van der Waals surface area contributed by atoms with Gasteiger partial charge >= 0.3 is 12.0 Å². The molecule has 2 atom stereocenters. The van der Waals surface area contributed by atoms with Crippen molar-refractivity contribution in [3.8, 4) is 0 Å². The number of carboxylic acid groups (broad SMARTS) is 1. The number of hydrogen-bond donors (Lipinski definition) is 1. The molecule has 0 saturated carbocycles. The Morgan fingerprint density at radius 2 is 2.05 bits per heavy atom. The van der Waals surface area contributed by atoms with Gasteiger partial charge in [-0.15, -0.1) is 0 Å². The minimum absolute atomic E-state index is 0.169. The Balaban J connectivity index is 1.83. The Kier molecular flexibility index (Phi) is 4.66. The number of nitrogens with zero attached hydrogens (tertiary/aromatic N) is 2. The van der Waals surface area contributed by atoms with Crippen molar-refractivity contribution in [2.45, 2.75) is 51.5 Å². The number of carboxylic acids is 1. The summed E-state index contributed by atoms with van der Waals surface area (Å²) < 4.78 is 0. The molecular formula is C14H24N2O3. The quantitative estimate of drug-likeness (QED) is 0.850. The minimum atomic E-state index is -0.740. The lowest BCUT2D eigenvalue weighted by atomic mass is 10.0. The predicted octanol–water partition coefficient (Wildman–Crippen LogP) is 2.17. The zero-order valence-corrected chi connectivity index (χ0v) is 11.7. The summed E-state index contributed by atoms with van der Waals surface area (Å²) in [6.07, 6.45) is 5.12. The Labute approximate surface area is 114 Å². The summed E-state index contributed by atoms with van der Waals surface area (Å²) in [5.74, 6) is -0.377. The van der Waals surface area contributed by atoms with Crippen LogP contribution in [0.4, 0.5) is 4.79 Å². The fourth-order valence-corrected chi connectivity index (χ4v) is 3.26. The first-order valence-corrected chi connectivity index (χ1v) is 7.39. The standard InChI is InChI=1S/C14H24N2O3/c1-2-12-4-3-8-16(12)14(19)15-9-7-11(10-15)5-6-13(17)18/h11-12H,2-10H2,1H3,(H,17,18). The second kappa shape index (κ2) is 6.26. The van der Waals surface area contributed by atoms with Crippen molar-refractivity contribution in [1.82, 2.24) is 9.80 Å². The molecule has 2 unspecified atom stereocenters.